The van der Waals surface area contributed by atoms with E-state index < -0.39 is 6.36 Å². The molecule has 1 heterocycles. The second-order valence-corrected chi connectivity index (χ2v) is 2.85. The van der Waals surface area contributed by atoms with Crippen molar-refractivity contribution in [1.82, 2.24) is 5.16 Å². The van der Waals surface area contributed by atoms with Crippen molar-refractivity contribution in [3.63, 3.8) is 0 Å². The highest BCUT2D eigenvalue weighted by Crippen LogP contribution is 2.32. The van der Waals surface area contributed by atoms with E-state index in [1.807, 2.05) is 0 Å². The highest BCUT2D eigenvalue weighted by Gasteiger charge is 2.32. The van der Waals surface area contributed by atoms with Crippen molar-refractivity contribution < 1.29 is 22.4 Å². The van der Waals surface area contributed by atoms with Gasteiger partial charge in [-0.3, -0.25) is 0 Å². The molecule has 0 N–H and O–H groups in total. The van der Waals surface area contributed by atoms with Crippen molar-refractivity contribution >= 4 is 0 Å². The monoisotopic (exact) mass is 228 g/mol. The van der Waals surface area contributed by atoms with Crippen LogP contribution < -0.4 is 4.74 Å². The standard InChI is InChI=1S/C10H5F3NO2/c11-10(12,13)16-9-4-2-1-3-7(9)8-5-6-15-14-8/h1-4,6H. The van der Waals surface area contributed by atoms with Crippen LogP contribution in [0.5, 0.6) is 5.75 Å². The minimum absolute atomic E-state index is 0.167. The Morgan fingerprint density at radius 3 is 2.62 bits per heavy atom. The molecule has 1 radical (unpaired) electrons. The SMILES string of the molecule is FC(F)(F)Oc1ccccc1-c1[c]con1. The zero-order chi connectivity index (χ0) is 11.6. The summed E-state index contributed by atoms with van der Waals surface area (Å²) in [5.74, 6) is -0.333. The lowest BCUT2D eigenvalue weighted by atomic mass is 10.1. The number of hydrogen-bond acceptors (Lipinski definition) is 3. The minimum Gasteiger partial charge on any atom is -0.405 e. The Labute approximate surface area is 88.4 Å². The van der Waals surface area contributed by atoms with Crippen LogP contribution >= 0.6 is 0 Å². The molecule has 0 fully saturated rings. The van der Waals surface area contributed by atoms with Gasteiger partial charge in [0.05, 0.1) is 6.07 Å². The van der Waals surface area contributed by atoms with Crippen molar-refractivity contribution in [3.8, 4) is 17.0 Å². The molecule has 0 amide bonds. The molecule has 2 aromatic rings. The highest BCUT2D eigenvalue weighted by molar-refractivity contribution is 5.65. The van der Waals surface area contributed by atoms with Crippen LogP contribution in [0.4, 0.5) is 13.2 Å². The topological polar surface area (TPSA) is 35.3 Å². The third kappa shape index (κ3) is 2.33. The zero-order valence-electron chi connectivity index (χ0n) is 7.78. The van der Waals surface area contributed by atoms with Gasteiger partial charge in [-0.15, -0.1) is 13.2 Å². The van der Waals surface area contributed by atoms with E-state index in [9.17, 15) is 13.2 Å². The Balaban J connectivity index is 2.39. The van der Waals surface area contributed by atoms with Crippen LogP contribution in [0.15, 0.2) is 35.1 Å². The Morgan fingerprint density at radius 2 is 2.00 bits per heavy atom. The van der Waals surface area contributed by atoms with Gasteiger partial charge in [-0.1, -0.05) is 17.3 Å². The maximum atomic E-state index is 12.1. The summed E-state index contributed by atoms with van der Waals surface area (Å²) in [4.78, 5) is 0. The van der Waals surface area contributed by atoms with Crippen LogP contribution in [0.1, 0.15) is 0 Å². The first-order chi connectivity index (χ1) is 7.56. The molecule has 0 aliphatic heterocycles. The summed E-state index contributed by atoms with van der Waals surface area (Å²) in [6, 6.07) is 8.20. The number of hydrogen-bond donors (Lipinski definition) is 0. The summed E-state index contributed by atoms with van der Waals surface area (Å²) in [6.45, 7) is 0. The number of benzene rings is 1. The lowest BCUT2D eigenvalue weighted by Crippen LogP contribution is -2.17. The van der Waals surface area contributed by atoms with Gasteiger partial charge in [0.2, 0.25) is 0 Å². The molecule has 3 nitrogen and oxygen atoms in total. The molecule has 0 aliphatic rings. The van der Waals surface area contributed by atoms with Crippen LogP contribution in [-0.2, 0) is 0 Å². The van der Waals surface area contributed by atoms with Gasteiger partial charge in [0.1, 0.15) is 17.7 Å². The zero-order valence-corrected chi connectivity index (χ0v) is 7.78. The first-order valence-corrected chi connectivity index (χ1v) is 4.23. The van der Waals surface area contributed by atoms with Crippen LogP contribution in [0, 0.1) is 6.07 Å². The second-order valence-electron chi connectivity index (χ2n) is 2.85. The van der Waals surface area contributed by atoms with Gasteiger partial charge in [-0.2, -0.15) is 0 Å². The predicted molar refractivity (Wildman–Crippen MR) is 47.5 cm³/mol. The molecule has 1 aromatic carbocycles. The summed E-state index contributed by atoms with van der Waals surface area (Å²) >= 11 is 0. The molecule has 1 aromatic heterocycles. The van der Waals surface area contributed by atoms with Crippen molar-refractivity contribution in [2.24, 2.45) is 0 Å². The summed E-state index contributed by atoms with van der Waals surface area (Å²) < 4.78 is 44.6. The fraction of sp³-hybridized carbons (Fsp3) is 0.100. The van der Waals surface area contributed by atoms with Crippen molar-refractivity contribution in [1.29, 1.82) is 0 Å². The Hall–Kier alpha value is -1.98. The molecule has 2 rings (SSSR count). The van der Waals surface area contributed by atoms with Gasteiger partial charge in [0.25, 0.3) is 0 Å². The van der Waals surface area contributed by atoms with Crippen LogP contribution in [0.3, 0.4) is 0 Å². The third-order valence-electron chi connectivity index (χ3n) is 1.76. The van der Waals surface area contributed by atoms with E-state index in [1.54, 1.807) is 6.07 Å². The molecule has 0 saturated heterocycles. The van der Waals surface area contributed by atoms with E-state index >= 15 is 0 Å². The predicted octanol–water partition coefficient (Wildman–Crippen LogP) is 3.04. The molecule has 0 bridgehead atoms. The number of nitrogens with zero attached hydrogens (tertiary/aromatic N) is 1. The normalized spacial score (nSPS) is 11.4. The van der Waals surface area contributed by atoms with Gasteiger partial charge in [0.15, 0.2) is 0 Å². The van der Waals surface area contributed by atoms with E-state index in [0.717, 1.165) is 6.26 Å². The number of halogens is 3. The number of alkyl halides is 3. The lowest BCUT2D eigenvalue weighted by molar-refractivity contribution is -0.274. The molecule has 16 heavy (non-hydrogen) atoms. The maximum Gasteiger partial charge on any atom is 0.573 e. The molecule has 83 valence electrons. The smallest absolute Gasteiger partial charge is 0.405 e. The summed E-state index contributed by atoms with van der Waals surface area (Å²) in [6.07, 6.45) is -3.58. The van der Waals surface area contributed by atoms with Gasteiger partial charge < -0.3 is 9.26 Å². The summed E-state index contributed by atoms with van der Waals surface area (Å²) in [5.41, 5.74) is 0.341. The van der Waals surface area contributed by atoms with Gasteiger partial charge in [-0.05, 0) is 12.1 Å². The highest BCUT2D eigenvalue weighted by atomic mass is 19.4. The van der Waals surface area contributed by atoms with Crippen molar-refractivity contribution in [2.75, 3.05) is 0 Å². The number of rotatable bonds is 2. The lowest BCUT2D eigenvalue weighted by Gasteiger charge is -2.11. The number of aromatic nitrogens is 1. The molecule has 6 heteroatoms. The van der Waals surface area contributed by atoms with Crippen LogP contribution in [0.2, 0.25) is 0 Å². The van der Waals surface area contributed by atoms with E-state index in [-0.39, 0.29) is 17.0 Å². The molecular weight excluding hydrogens is 223 g/mol. The fourth-order valence-corrected chi connectivity index (χ4v) is 1.19. The van der Waals surface area contributed by atoms with Crippen LogP contribution in [-0.4, -0.2) is 11.5 Å². The van der Waals surface area contributed by atoms with E-state index in [1.165, 1.54) is 18.2 Å². The van der Waals surface area contributed by atoms with Crippen molar-refractivity contribution in [2.45, 2.75) is 6.36 Å². The van der Waals surface area contributed by atoms with E-state index in [4.69, 9.17) is 0 Å². The Bertz CT molecular complexity index is 465. The minimum atomic E-state index is -4.74. The Kier molecular flexibility index (Phi) is 2.55. The quantitative estimate of drug-likeness (QED) is 0.792. The molecular formula is C10H5F3NO2. The molecule has 0 unspecified atom stereocenters. The second kappa shape index (κ2) is 3.88. The van der Waals surface area contributed by atoms with Crippen molar-refractivity contribution in [3.05, 3.63) is 36.6 Å². The van der Waals surface area contributed by atoms with E-state index in [0.29, 0.717) is 0 Å². The summed E-state index contributed by atoms with van der Waals surface area (Å²) in [5, 5.41) is 3.50. The van der Waals surface area contributed by atoms with Crippen LogP contribution in [0.25, 0.3) is 11.3 Å². The fourth-order valence-electron chi connectivity index (χ4n) is 1.19. The molecule has 0 saturated carbocycles. The van der Waals surface area contributed by atoms with E-state index in [2.05, 4.69) is 20.5 Å². The molecule has 0 aliphatic carbocycles. The summed E-state index contributed by atoms with van der Waals surface area (Å²) in [7, 11) is 0. The first kappa shape index (κ1) is 10.5. The van der Waals surface area contributed by atoms with Gasteiger partial charge in [0, 0.05) is 5.56 Å². The average molecular weight is 228 g/mol. The first-order valence-electron chi connectivity index (χ1n) is 4.23. The average Bonchev–Trinajstić information content (AvgIpc) is 2.69. The molecule has 0 spiro atoms. The number of ether oxygens (including phenoxy) is 1. The maximum absolute atomic E-state index is 12.1. The number of para-hydroxylation sites is 1. The van der Waals surface area contributed by atoms with Gasteiger partial charge in [-0.25, -0.2) is 0 Å². The molecule has 0 atom stereocenters. The third-order valence-corrected chi connectivity index (χ3v) is 1.76. The largest absolute Gasteiger partial charge is 0.573 e. The Morgan fingerprint density at radius 1 is 1.25 bits per heavy atom. The van der Waals surface area contributed by atoms with Gasteiger partial charge >= 0.3 is 6.36 Å².